The molecular formula is C12H10F3N3O3. The fourth-order valence-electron chi connectivity index (χ4n) is 1.82. The Morgan fingerprint density at radius 2 is 2.05 bits per heavy atom. The molecule has 2 aliphatic heterocycles. The van der Waals surface area contributed by atoms with Gasteiger partial charge in [-0.3, -0.25) is 4.79 Å². The van der Waals surface area contributed by atoms with Gasteiger partial charge in [-0.2, -0.15) is 13.2 Å². The molecule has 0 fully saturated rings. The van der Waals surface area contributed by atoms with Crippen LogP contribution in [0, 0.1) is 0 Å². The molecule has 0 aromatic heterocycles. The van der Waals surface area contributed by atoms with Gasteiger partial charge in [0.2, 0.25) is 0 Å². The number of hydrogen-bond acceptors (Lipinski definition) is 4. The van der Waals surface area contributed by atoms with Crippen molar-refractivity contribution in [2.75, 3.05) is 11.9 Å². The molecule has 112 valence electrons. The SMILES string of the molecule is O=C(O)C(F)(F)F.O=c1ccc2c3n(cnc-2c1)CCN3. The molecule has 0 spiro atoms. The number of carboxylic acids is 1. The van der Waals surface area contributed by atoms with Crippen LogP contribution in [0.1, 0.15) is 0 Å². The van der Waals surface area contributed by atoms with E-state index in [9.17, 15) is 18.0 Å². The Balaban J connectivity index is 0.000000199. The highest BCUT2D eigenvalue weighted by molar-refractivity contribution is 5.74. The van der Waals surface area contributed by atoms with E-state index in [1.54, 1.807) is 18.5 Å². The zero-order valence-electron chi connectivity index (χ0n) is 10.5. The van der Waals surface area contributed by atoms with Crippen LogP contribution >= 0.6 is 0 Å². The number of anilines is 1. The number of hydrogen-bond donors (Lipinski definition) is 2. The number of halogens is 3. The zero-order valence-corrected chi connectivity index (χ0v) is 10.5. The Bertz CT molecular complexity index is 696. The predicted octanol–water partition coefficient (Wildman–Crippen LogP) is 1.41. The third kappa shape index (κ3) is 3.30. The summed E-state index contributed by atoms with van der Waals surface area (Å²) in [6.45, 7) is 1.87. The lowest BCUT2D eigenvalue weighted by molar-refractivity contribution is -0.192. The van der Waals surface area contributed by atoms with Crippen LogP contribution in [-0.2, 0) is 11.3 Å². The van der Waals surface area contributed by atoms with Gasteiger partial charge in [0.25, 0.3) is 0 Å². The molecular weight excluding hydrogens is 291 g/mol. The van der Waals surface area contributed by atoms with Crippen molar-refractivity contribution in [3.63, 3.8) is 0 Å². The lowest BCUT2D eigenvalue weighted by Gasteiger charge is -2.10. The minimum absolute atomic E-state index is 0.00736. The Hall–Kier alpha value is -2.58. The first-order chi connectivity index (χ1) is 9.79. The number of aromatic nitrogens is 2. The second-order valence-corrected chi connectivity index (χ2v) is 4.20. The number of alkyl halides is 3. The molecule has 2 N–H and O–H groups in total. The van der Waals surface area contributed by atoms with Crippen LogP contribution in [0.4, 0.5) is 19.0 Å². The van der Waals surface area contributed by atoms with Gasteiger partial charge in [0.15, 0.2) is 5.43 Å². The van der Waals surface area contributed by atoms with Crippen molar-refractivity contribution in [2.24, 2.45) is 0 Å². The van der Waals surface area contributed by atoms with Crippen molar-refractivity contribution >= 4 is 11.8 Å². The first-order valence-electron chi connectivity index (χ1n) is 5.82. The van der Waals surface area contributed by atoms with E-state index < -0.39 is 12.1 Å². The summed E-state index contributed by atoms with van der Waals surface area (Å²) in [5.74, 6) is -1.69. The fourth-order valence-corrected chi connectivity index (χ4v) is 1.82. The minimum atomic E-state index is -5.08. The van der Waals surface area contributed by atoms with E-state index >= 15 is 0 Å². The summed E-state index contributed by atoms with van der Waals surface area (Å²) in [7, 11) is 0. The average molecular weight is 301 g/mol. The molecule has 0 aromatic carbocycles. The van der Waals surface area contributed by atoms with Crippen LogP contribution in [0.2, 0.25) is 0 Å². The lowest BCUT2D eigenvalue weighted by atomic mass is 10.1. The summed E-state index contributed by atoms with van der Waals surface area (Å²) >= 11 is 0. The number of rotatable bonds is 0. The summed E-state index contributed by atoms with van der Waals surface area (Å²) in [5, 5.41) is 10.4. The van der Waals surface area contributed by atoms with E-state index in [4.69, 9.17) is 9.90 Å². The molecule has 0 radical (unpaired) electrons. The number of nitrogens with one attached hydrogen (secondary N) is 1. The van der Waals surface area contributed by atoms with E-state index in [0.717, 1.165) is 30.2 Å². The Morgan fingerprint density at radius 3 is 2.67 bits per heavy atom. The maximum atomic E-state index is 11.1. The van der Waals surface area contributed by atoms with Gasteiger partial charge in [0, 0.05) is 24.7 Å². The van der Waals surface area contributed by atoms with Crippen LogP contribution in [-0.4, -0.2) is 33.3 Å². The number of fused-ring (bicyclic) bond motifs is 3. The van der Waals surface area contributed by atoms with Crippen molar-refractivity contribution in [3.05, 3.63) is 34.7 Å². The largest absolute Gasteiger partial charge is 0.490 e. The summed E-state index contributed by atoms with van der Waals surface area (Å²) in [4.78, 5) is 24.2. The lowest BCUT2D eigenvalue weighted by Crippen LogP contribution is -2.21. The number of benzene rings is 1. The van der Waals surface area contributed by atoms with Gasteiger partial charge in [0.1, 0.15) is 5.82 Å². The summed E-state index contributed by atoms with van der Waals surface area (Å²) in [6, 6.07) is 4.97. The molecule has 3 rings (SSSR count). The van der Waals surface area contributed by atoms with Crippen molar-refractivity contribution in [1.82, 2.24) is 9.55 Å². The molecule has 0 amide bonds. The Morgan fingerprint density at radius 1 is 1.38 bits per heavy atom. The second-order valence-electron chi connectivity index (χ2n) is 4.20. The van der Waals surface area contributed by atoms with E-state index in [0.29, 0.717) is 0 Å². The van der Waals surface area contributed by atoms with E-state index in [1.165, 1.54) is 0 Å². The summed E-state index contributed by atoms with van der Waals surface area (Å²) < 4.78 is 33.8. The zero-order chi connectivity index (χ0) is 15.6. The van der Waals surface area contributed by atoms with E-state index in [1.807, 2.05) is 6.07 Å². The first-order valence-corrected chi connectivity index (χ1v) is 5.82. The van der Waals surface area contributed by atoms with Crippen molar-refractivity contribution in [3.8, 4) is 11.3 Å². The normalized spacial score (nSPS) is 13.1. The number of carbonyl (C=O) groups is 1. The van der Waals surface area contributed by atoms with Gasteiger partial charge in [-0.05, 0) is 12.1 Å². The van der Waals surface area contributed by atoms with Crippen molar-refractivity contribution in [1.29, 1.82) is 0 Å². The molecule has 3 aliphatic rings. The van der Waals surface area contributed by atoms with Crippen LogP contribution in [0.15, 0.2) is 29.3 Å². The van der Waals surface area contributed by atoms with Crippen molar-refractivity contribution < 1.29 is 23.1 Å². The molecule has 0 aromatic rings. The molecule has 0 bridgehead atoms. The van der Waals surface area contributed by atoms with Crippen LogP contribution in [0.5, 0.6) is 0 Å². The van der Waals surface area contributed by atoms with Crippen LogP contribution in [0.3, 0.4) is 0 Å². The quantitative estimate of drug-likeness (QED) is 0.768. The third-order valence-electron chi connectivity index (χ3n) is 2.74. The highest BCUT2D eigenvalue weighted by Gasteiger charge is 2.38. The Labute approximate surface area is 116 Å². The highest BCUT2D eigenvalue weighted by atomic mass is 19.4. The topological polar surface area (TPSA) is 84.2 Å². The predicted molar refractivity (Wildman–Crippen MR) is 67.3 cm³/mol. The standard InChI is InChI=1S/C10H9N3O.C2HF3O2/c14-7-1-2-8-9(5-7)12-6-13-4-3-11-10(8)13;3-2(4,5)1(6)7/h1-2,5-6,11H,3-4H2;(H,6,7). The Kier molecular flexibility index (Phi) is 3.83. The van der Waals surface area contributed by atoms with Gasteiger partial charge in [0.05, 0.1) is 12.0 Å². The number of aliphatic carboxylic acids is 1. The van der Waals surface area contributed by atoms with Crippen LogP contribution in [0.25, 0.3) is 11.3 Å². The molecule has 0 atom stereocenters. The van der Waals surface area contributed by atoms with Gasteiger partial charge in [-0.1, -0.05) is 0 Å². The maximum absolute atomic E-state index is 11.1. The van der Waals surface area contributed by atoms with Gasteiger partial charge >= 0.3 is 12.1 Å². The molecule has 21 heavy (non-hydrogen) atoms. The van der Waals surface area contributed by atoms with Gasteiger partial charge < -0.3 is 15.0 Å². The molecule has 9 heteroatoms. The van der Waals surface area contributed by atoms with Crippen molar-refractivity contribution in [2.45, 2.75) is 12.7 Å². The molecule has 0 saturated carbocycles. The van der Waals surface area contributed by atoms with E-state index in [2.05, 4.69) is 14.9 Å². The first kappa shape index (κ1) is 14.8. The smallest absolute Gasteiger partial charge is 0.475 e. The minimum Gasteiger partial charge on any atom is -0.475 e. The summed E-state index contributed by atoms with van der Waals surface area (Å²) in [5.41, 5.74) is 1.79. The molecule has 0 unspecified atom stereocenters. The fraction of sp³-hybridized carbons (Fsp3) is 0.250. The average Bonchev–Trinajstić information content (AvgIpc) is 2.86. The van der Waals surface area contributed by atoms with Gasteiger partial charge in [-0.25, -0.2) is 9.78 Å². The number of nitrogens with zero attached hydrogens (tertiary/aromatic N) is 2. The van der Waals surface area contributed by atoms with Gasteiger partial charge in [-0.15, -0.1) is 0 Å². The van der Waals surface area contributed by atoms with E-state index in [-0.39, 0.29) is 5.43 Å². The second kappa shape index (κ2) is 5.43. The van der Waals surface area contributed by atoms with Crippen LogP contribution < -0.4 is 10.7 Å². The molecule has 0 saturated heterocycles. The molecule has 2 heterocycles. The molecule has 1 aliphatic carbocycles. The third-order valence-corrected chi connectivity index (χ3v) is 2.74. The molecule has 6 nitrogen and oxygen atoms in total. The monoisotopic (exact) mass is 301 g/mol. The maximum Gasteiger partial charge on any atom is 0.490 e. The summed E-state index contributed by atoms with van der Waals surface area (Å²) in [6.07, 6.45) is -3.31. The highest BCUT2D eigenvalue weighted by Crippen LogP contribution is 2.28. The number of carboxylic acid groups (broad SMARTS) is 1.